The molecule has 1 saturated carbocycles. The molecule has 1 aliphatic rings. The second-order valence-corrected chi connectivity index (χ2v) is 5.96. The average Bonchev–Trinajstić information content (AvgIpc) is 3.06. The Hall–Kier alpha value is -1.46. The van der Waals surface area contributed by atoms with Crippen molar-refractivity contribution < 1.29 is 14.3 Å². The van der Waals surface area contributed by atoms with Gasteiger partial charge in [0.15, 0.2) is 0 Å². The van der Waals surface area contributed by atoms with E-state index in [4.69, 9.17) is 27.9 Å². The zero-order chi connectivity index (χ0) is 14.8. The Labute approximate surface area is 126 Å². The van der Waals surface area contributed by atoms with Crippen LogP contribution in [0, 0.1) is 5.92 Å². The van der Waals surface area contributed by atoms with Gasteiger partial charge in [0.25, 0.3) is 5.91 Å². The highest BCUT2D eigenvalue weighted by Crippen LogP contribution is 2.53. The molecule has 2 amide bonds. The highest BCUT2D eigenvalue weighted by atomic mass is 35.5. The van der Waals surface area contributed by atoms with E-state index in [9.17, 15) is 9.59 Å². The SMILES string of the molecule is CCOc1ccc(C(=O)NNC(=O)C2CC2(Cl)Cl)cc1. The Morgan fingerprint density at radius 3 is 2.40 bits per heavy atom. The maximum absolute atomic E-state index is 11.8. The summed E-state index contributed by atoms with van der Waals surface area (Å²) in [5, 5.41) is 0. The fourth-order valence-corrected chi connectivity index (χ4v) is 2.15. The number of halogens is 2. The molecule has 0 aromatic heterocycles. The second kappa shape index (κ2) is 5.89. The molecular formula is C13H14Cl2N2O3. The van der Waals surface area contributed by atoms with Crippen molar-refractivity contribution in [1.82, 2.24) is 10.9 Å². The van der Waals surface area contributed by atoms with Gasteiger partial charge in [0.05, 0.1) is 12.5 Å². The van der Waals surface area contributed by atoms with Crippen molar-refractivity contribution in [2.24, 2.45) is 5.92 Å². The van der Waals surface area contributed by atoms with Crippen LogP contribution in [0.25, 0.3) is 0 Å². The molecule has 1 fully saturated rings. The van der Waals surface area contributed by atoms with Crippen LogP contribution in [0.15, 0.2) is 24.3 Å². The molecule has 2 N–H and O–H groups in total. The van der Waals surface area contributed by atoms with Crippen LogP contribution in [-0.2, 0) is 4.79 Å². The van der Waals surface area contributed by atoms with Gasteiger partial charge in [0.2, 0.25) is 5.91 Å². The number of hydrogen-bond acceptors (Lipinski definition) is 3. The number of carbonyl (C=O) groups is 2. The summed E-state index contributed by atoms with van der Waals surface area (Å²) in [4.78, 5) is 23.4. The molecule has 0 radical (unpaired) electrons. The Kier molecular flexibility index (Phi) is 4.40. The predicted molar refractivity (Wildman–Crippen MR) is 75.8 cm³/mol. The summed E-state index contributed by atoms with van der Waals surface area (Å²) in [6.45, 7) is 2.43. The molecule has 1 aliphatic carbocycles. The Balaban J connectivity index is 1.84. The molecule has 5 nitrogen and oxygen atoms in total. The van der Waals surface area contributed by atoms with Crippen molar-refractivity contribution in [3.63, 3.8) is 0 Å². The third kappa shape index (κ3) is 3.55. The summed E-state index contributed by atoms with van der Waals surface area (Å²) in [6.07, 6.45) is 0.390. The second-order valence-electron chi connectivity index (χ2n) is 4.42. The van der Waals surface area contributed by atoms with Gasteiger partial charge in [-0.25, -0.2) is 0 Å². The van der Waals surface area contributed by atoms with Gasteiger partial charge < -0.3 is 4.74 Å². The smallest absolute Gasteiger partial charge is 0.269 e. The summed E-state index contributed by atoms with van der Waals surface area (Å²) >= 11 is 11.5. The Bertz CT molecular complexity index is 517. The van der Waals surface area contributed by atoms with E-state index in [2.05, 4.69) is 10.9 Å². The van der Waals surface area contributed by atoms with Crippen molar-refractivity contribution in [2.75, 3.05) is 6.61 Å². The minimum Gasteiger partial charge on any atom is -0.494 e. The number of rotatable bonds is 4. The molecular weight excluding hydrogens is 303 g/mol. The number of hydrazine groups is 1. The van der Waals surface area contributed by atoms with Crippen LogP contribution >= 0.6 is 23.2 Å². The molecule has 0 bridgehead atoms. The first-order valence-electron chi connectivity index (χ1n) is 6.15. The van der Waals surface area contributed by atoms with E-state index in [1.807, 2.05) is 6.92 Å². The summed E-state index contributed by atoms with van der Waals surface area (Å²) in [5.41, 5.74) is 5.02. The maximum atomic E-state index is 11.8. The number of amides is 2. The number of carbonyl (C=O) groups excluding carboxylic acids is 2. The first kappa shape index (κ1) is 14.9. The van der Waals surface area contributed by atoms with Crippen molar-refractivity contribution in [3.8, 4) is 5.75 Å². The summed E-state index contributed by atoms with van der Waals surface area (Å²) in [6, 6.07) is 6.58. The molecule has 1 atom stereocenters. The number of ether oxygens (including phenoxy) is 1. The third-order valence-electron chi connectivity index (χ3n) is 2.87. The van der Waals surface area contributed by atoms with E-state index >= 15 is 0 Å². The van der Waals surface area contributed by atoms with E-state index in [1.54, 1.807) is 24.3 Å². The Morgan fingerprint density at radius 1 is 1.30 bits per heavy atom. The first-order chi connectivity index (χ1) is 9.44. The Morgan fingerprint density at radius 2 is 1.90 bits per heavy atom. The zero-order valence-corrected chi connectivity index (χ0v) is 12.3. The highest BCUT2D eigenvalue weighted by molar-refractivity contribution is 6.52. The third-order valence-corrected chi connectivity index (χ3v) is 3.70. The van der Waals surface area contributed by atoms with E-state index in [-0.39, 0.29) is 0 Å². The standard InChI is InChI=1S/C13H14Cl2N2O3/c1-2-20-9-5-3-8(4-6-9)11(18)16-17-12(19)10-7-13(10,14)15/h3-6,10H,2,7H2,1H3,(H,16,18)(H,17,19). The van der Waals surface area contributed by atoms with Gasteiger partial charge in [-0.1, -0.05) is 0 Å². The van der Waals surface area contributed by atoms with Crippen LogP contribution in [0.2, 0.25) is 0 Å². The van der Waals surface area contributed by atoms with Crippen LogP contribution in [0.3, 0.4) is 0 Å². The van der Waals surface area contributed by atoms with Crippen molar-refractivity contribution >= 4 is 35.0 Å². The lowest BCUT2D eigenvalue weighted by molar-refractivity contribution is -0.123. The molecule has 2 rings (SSSR count). The molecule has 1 aromatic rings. The summed E-state index contributed by atoms with van der Waals surface area (Å²) in [5.74, 6) is -0.613. The van der Waals surface area contributed by atoms with Crippen LogP contribution < -0.4 is 15.6 Å². The molecule has 0 heterocycles. The van der Waals surface area contributed by atoms with Gasteiger partial charge in [-0.05, 0) is 37.6 Å². The van der Waals surface area contributed by atoms with E-state index in [0.29, 0.717) is 24.3 Å². The number of benzene rings is 1. The van der Waals surface area contributed by atoms with Crippen LogP contribution in [0.4, 0.5) is 0 Å². The minimum atomic E-state index is -1.01. The monoisotopic (exact) mass is 316 g/mol. The van der Waals surface area contributed by atoms with Gasteiger partial charge in [-0.15, -0.1) is 23.2 Å². The molecule has 108 valence electrons. The quantitative estimate of drug-likeness (QED) is 0.660. The normalized spacial score (nSPS) is 19.1. The van der Waals surface area contributed by atoms with Gasteiger partial charge in [-0.3, -0.25) is 20.4 Å². The summed E-state index contributed by atoms with van der Waals surface area (Å²) < 4.78 is 4.26. The van der Waals surface area contributed by atoms with Gasteiger partial charge >= 0.3 is 0 Å². The molecule has 7 heteroatoms. The van der Waals surface area contributed by atoms with Crippen LogP contribution in [0.5, 0.6) is 5.75 Å². The van der Waals surface area contributed by atoms with Crippen molar-refractivity contribution in [2.45, 2.75) is 17.7 Å². The topological polar surface area (TPSA) is 67.4 Å². The lowest BCUT2D eigenvalue weighted by Crippen LogP contribution is -2.43. The maximum Gasteiger partial charge on any atom is 0.269 e. The van der Waals surface area contributed by atoms with Gasteiger partial charge in [-0.2, -0.15) is 0 Å². The molecule has 20 heavy (non-hydrogen) atoms. The van der Waals surface area contributed by atoms with Crippen LogP contribution in [0.1, 0.15) is 23.7 Å². The molecule has 1 aromatic carbocycles. The minimum absolute atomic E-state index is 0.390. The van der Waals surface area contributed by atoms with E-state index < -0.39 is 22.1 Å². The van der Waals surface area contributed by atoms with Crippen LogP contribution in [-0.4, -0.2) is 22.8 Å². The molecule has 1 unspecified atom stereocenters. The van der Waals surface area contributed by atoms with Crippen molar-refractivity contribution in [1.29, 1.82) is 0 Å². The van der Waals surface area contributed by atoms with Gasteiger partial charge in [0.1, 0.15) is 10.1 Å². The van der Waals surface area contributed by atoms with Gasteiger partial charge in [0, 0.05) is 5.56 Å². The zero-order valence-electron chi connectivity index (χ0n) is 10.8. The first-order valence-corrected chi connectivity index (χ1v) is 6.90. The fraction of sp³-hybridized carbons (Fsp3) is 0.385. The number of nitrogens with one attached hydrogen (secondary N) is 2. The number of hydrogen-bond donors (Lipinski definition) is 2. The largest absolute Gasteiger partial charge is 0.494 e. The lowest BCUT2D eigenvalue weighted by Gasteiger charge is -2.08. The molecule has 0 spiro atoms. The van der Waals surface area contributed by atoms with E-state index in [1.165, 1.54) is 0 Å². The van der Waals surface area contributed by atoms with E-state index in [0.717, 1.165) is 0 Å². The molecule has 0 saturated heterocycles. The number of alkyl halides is 2. The predicted octanol–water partition coefficient (Wildman–Crippen LogP) is 2.04. The average molecular weight is 317 g/mol. The highest BCUT2D eigenvalue weighted by Gasteiger charge is 2.56. The summed E-state index contributed by atoms with van der Waals surface area (Å²) in [7, 11) is 0. The molecule has 0 aliphatic heterocycles. The fourth-order valence-electron chi connectivity index (χ4n) is 1.64. The lowest BCUT2D eigenvalue weighted by atomic mass is 10.2. The van der Waals surface area contributed by atoms with Crippen molar-refractivity contribution in [3.05, 3.63) is 29.8 Å².